The molecular formula is C25H26N2O3. The second-order valence-electron chi connectivity index (χ2n) is 7.74. The van der Waals surface area contributed by atoms with Gasteiger partial charge in [-0.15, -0.1) is 0 Å². The maximum atomic E-state index is 13.3. The zero-order valence-electron chi connectivity index (χ0n) is 17.1. The first-order valence-corrected chi connectivity index (χ1v) is 10.3. The smallest absolute Gasteiger partial charge is 0.251 e. The molecule has 5 nitrogen and oxygen atoms in total. The molecule has 1 aliphatic rings. The highest BCUT2D eigenvalue weighted by molar-refractivity contribution is 5.93. The Bertz CT molecular complexity index is 1010. The van der Waals surface area contributed by atoms with E-state index >= 15 is 0 Å². The average Bonchev–Trinajstić information content (AvgIpc) is 3.43. The van der Waals surface area contributed by atoms with E-state index in [2.05, 4.69) is 29.6 Å². The van der Waals surface area contributed by atoms with E-state index in [1.165, 1.54) is 11.1 Å². The molecule has 4 rings (SSSR count). The van der Waals surface area contributed by atoms with Crippen LogP contribution in [0.15, 0.2) is 71.3 Å². The summed E-state index contributed by atoms with van der Waals surface area (Å²) in [5, 5.41) is 2.62. The largest absolute Gasteiger partial charge is 0.467 e. The molecule has 0 saturated carbocycles. The van der Waals surface area contributed by atoms with Gasteiger partial charge in [-0.3, -0.25) is 9.59 Å². The van der Waals surface area contributed by atoms with Crippen LogP contribution in [-0.4, -0.2) is 23.8 Å². The summed E-state index contributed by atoms with van der Waals surface area (Å²) in [6.07, 6.45) is 4.17. The zero-order valence-corrected chi connectivity index (χ0v) is 17.1. The number of hydrogen-bond donors (Lipinski definition) is 1. The van der Waals surface area contributed by atoms with Crippen molar-refractivity contribution in [1.82, 2.24) is 10.2 Å². The number of carbonyl (C=O) groups is 2. The Morgan fingerprint density at radius 3 is 2.57 bits per heavy atom. The lowest BCUT2D eigenvalue weighted by Crippen LogP contribution is -2.31. The topological polar surface area (TPSA) is 62.6 Å². The standard InChI is InChI=1S/C25H26N2O3/c1-26-25(29)20-10-8-18(9-11-20)16-27(17-22-6-4-14-30-22)24(28)15-21-13-12-19-5-2-3-7-23(19)21/h2-11,14,21H,12-13,15-17H2,1H3,(H,26,29). The molecular weight excluding hydrogens is 376 g/mol. The van der Waals surface area contributed by atoms with Gasteiger partial charge >= 0.3 is 0 Å². The minimum absolute atomic E-state index is 0.114. The van der Waals surface area contributed by atoms with Gasteiger partial charge < -0.3 is 14.6 Å². The summed E-state index contributed by atoms with van der Waals surface area (Å²) in [6.45, 7) is 0.902. The van der Waals surface area contributed by atoms with Crippen LogP contribution in [0.5, 0.6) is 0 Å². The molecule has 1 unspecified atom stereocenters. The highest BCUT2D eigenvalue weighted by Crippen LogP contribution is 2.35. The van der Waals surface area contributed by atoms with E-state index in [1.54, 1.807) is 25.4 Å². The molecule has 3 aromatic rings. The molecule has 1 aromatic heterocycles. The van der Waals surface area contributed by atoms with Gasteiger partial charge in [0.05, 0.1) is 12.8 Å². The number of nitrogens with one attached hydrogen (secondary N) is 1. The SMILES string of the molecule is CNC(=O)c1ccc(CN(Cc2ccco2)C(=O)CC2CCc3ccccc32)cc1. The summed E-state index contributed by atoms with van der Waals surface area (Å²) >= 11 is 0. The van der Waals surface area contributed by atoms with Crippen LogP contribution in [0.3, 0.4) is 0 Å². The van der Waals surface area contributed by atoms with Crippen molar-refractivity contribution in [3.8, 4) is 0 Å². The number of amides is 2. The number of carbonyl (C=O) groups excluding carboxylic acids is 2. The van der Waals surface area contributed by atoms with Crippen molar-refractivity contribution >= 4 is 11.8 Å². The summed E-state index contributed by atoms with van der Waals surface area (Å²) in [6, 6.07) is 19.5. The van der Waals surface area contributed by atoms with E-state index in [0.29, 0.717) is 25.1 Å². The Hall–Kier alpha value is -3.34. The lowest BCUT2D eigenvalue weighted by molar-refractivity contribution is -0.133. The Labute approximate surface area is 176 Å². The Morgan fingerprint density at radius 2 is 1.83 bits per heavy atom. The Balaban J connectivity index is 1.49. The molecule has 5 heteroatoms. The maximum absolute atomic E-state index is 13.3. The Kier molecular flexibility index (Phi) is 5.98. The van der Waals surface area contributed by atoms with Crippen molar-refractivity contribution in [2.45, 2.75) is 38.3 Å². The molecule has 0 saturated heterocycles. The lowest BCUT2D eigenvalue weighted by atomic mass is 9.97. The van der Waals surface area contributed by atoms with Crippen LogP contribution in [0.1, 0.15) is 51.6 Å². The zero-order chi connectivity index (χ0) is 20.9. The van der Waals surface area contributed by atoms with Gasteiger partial charge in [0, 0.05) is 25.6 Å². The predicted octanol–water partition coefficient (Wildman–Crippen LogP) is 4.29. The predicted molar refractivity (Wildman–Crippen MR) is 115 cm³/mol. The summed E-state index contributed by atoms with van der Waals surface area (Å²) in [5.41, 5.74) is 4.25. The van der Waals surface area contributed by atoms with Crippen LogP contribution in [-0.2, 0) is 24.3 Å². The summed E-state index contributed by atoms with van der Waals surface area (Å²) in [7, 11) is 1.61. The fourth-order valence-electron chi connectivity index (χ4n) is 4.15. The lowest BCUT2D eigenvalue weighted by Gasteiger charge is -2.24. The van der Waals surface area contributed by atoms with Crippen molar-refractivity contribution < 1.29 is 14.0 Å². The molecule has 1 aliphatic carbocycles. The number of fused-ring (bicyclic) bond motifs is 1. The molecule has 1 atom stereocenters. The molecule has 0 aliphatic heterocycles. The molecule has 30 heavy (non-hydrogen) atoms. The van der Waals surface area contributed by atoms with Gasteiger partial charge in [0.15, 0.2) is 0 Å². The van der Waals surface area contributed by atoms with Gasteiger partial charge in [-0.2, -0.15) is 0 Å². The molecule has 0 spiro atoms. The van der Waals surface area contributed by atoms with E-state index < -0.39 is 0 Å². The summed E-state index contributed by atoms with van der Waals surface area (Å²) in [4.78, 5) is 26.9. The van der Waals surface area contributed by atoms with E-state index in [9.17, 15) is 9.59 Å². The Morgan fingerprint density at radius 1 is 1.03 bits per heavy atom. The molecule has 0 radical (unpaired) electrons. The fourth-order valence-corrected chi connectivity index (χ4v) is 4.15. The van der Waals surface area contributed by atoms with Gasteiger partial charge in [-0.05, 0) is 59.7 Å². The number of nitrogens with zero attached hydrogens (tertiary/aromatic N) is 1. The normalized spacial score (nSPS) is 14.9. The van der Waals surface area contributed by atoms with Crippen molar-refractivity contribution in [2.24, 2.45) is 0 Å². The van der Waals surface area contributed by atoms with Crippen LogP contribution in [0.2, 0.25) is 0 Å². The minimum Gasteiger partial charge on any atom is -0.467 e. The number of benzene rings is 2. The van der Waals surface area contributed by atoms with Crippen molar-refractivity contribution in [3.63, 3.8) is 0 Å². The molecule has 2 aromatic carbocycles. The minimum atomic E-state index is -0.120. The van der Waals surface area contributed by atoms with Gasteiger partial charge in [0.1, 0.15) is 5.76 Å². The van der Waals surface area contributed by atoms with Crippen molar-refractivity contribution in [3.05, 3.63) is 94.9 Å². The van der Waals surface area contributed by atoms with E-state index in [-0.39, 0.29) is 17.7 Å². The summed E-state index contributed by atoms with van der Waals surface area (Å²) < 4.78 is 5.50. The highest BCUT2D eigenvalue weighted by Gasteiger charge is 2.27. The van der Waals surface area contributed by atoms with Crippen LogP contribution in [0.25, 0.3) is 0 Å². The van der Waals surface area contributed by atoms with Crippen LogP contribution in [0.4, 0.5) is 0 Å². The average molecular weight is 402 g/mol. The van der Waals surface area contributed by atoms with E-state index in [4.69, 9.17) is 4.42 Å². The number of rotatable bonds is 7. The number of hydrogen-bond acceptors (Lipinski definition) is 3. The van der Waals surface area contributed by atoms with E-state index in [0.717, 1.165) is 24.2 Å². The molecule has 154 valence electrons. The highest BCUT2D eigenvalue weighted by atomic mass is 16.3. The van der Waals surface area contributed by atoms with Crippen LogP contribution in [0, 0.1) is 0 Å². The third-order valence-electron chi connectivity index (χ3n) is 5.77. The maximum Gasteiger partial charge on any atom is 0.251 e. The number of furan rings is 1. The van der Waals surface area contributed by atoms with Gasteiger partial charge in [0.25, 0.3) is 5.91 Å². The first-order valence-electron chi connectivity index (χ1n) is 10.3. The fraction of sp³-hybridized carbons (Fsp3) is 0.280. The first-order chi connectivity index (χ1) is 14.6. The van der Waals surface area contributed by atoms with Gasteiger partial charge in [-0.25, -0.2) is 0 Å². The van der Waals surface area contributed by atoms with Crippen molar-refractivity contribution in [1.29, 1.82) is 0 Å². The van der Waals surface area contributed by atoms with Crippen molar-refractivity contribution in [2.75, 3.05) is 7.05 Å². The molecule has 2 amide bonds. The molecule has 0 bridgehead atoms. The molecule has 0 fully saturated rings. The summed E-state index contributed by atoms with van der Waals surface area (Å²) in [5.74, 6) is 1.02. The molecule has 1 N–H and O–H groups in total. The molecule has 1 heterocycles. The van der Waals surface area contributed by atoms with Crippen LogP contribution >= 0.6 is 0 Å². The van der Waals surface area contributed by atoms with E-state index in [1.807, 2.05) is 29.2 Å². The quantitative estimate of drug-likeness (QED) is 0.641. The third-order valence-corrected chi connectivity index (χ3v) is 5.77. The second kappa shape index (κ2) is 8.99. The van der Waals surface area contributed by atoms with Gasteiger partial charge in [0.2, 0.25) is 5.91 Å². The van der Waals surface area contributed by atoms with Crippen LogP contribution < -0.4 is 5.32 Å². The first kappa shape index (κ1) is 20.0. The monoisotopic (exact) mass is 402 g/mol. The second-order valence-corrected chi connectivity index (χ2v) is 7.74. The van der Waals surface area contributed by atoms with Gasteiger partial charge in [-0.1, -0.05) is 36.4 Å². The third kappa shape index (κ3) is 4.46. The number of aryl methyl sites for hydroxylation is 1.